The number of hydrogen-bond acceptors (Lipinski definition) is 3. The van der Waals surface area contributed by atoms with Gasteiger partial charge in [0.2, 0.25) is 17.7 Å². The van der Waals surface area contributed by atoms with E-state index in [9.17, 15) is 14.4 Å². The summed E-state index contributed by atoms with van der Waals surface area (Å²) < 4.78 is 0. The van der Waals surface area contributed by atoms with Crippen LogP contribution in [-0.2, 0) is 14.4 Å². The largest absolute Gasteiger partial charge is 0.353 e. The first-order chi connectivity index (χ1) is 13.0. The van der Waals surface area contributed by atoms with Crippen molar-refractivity contribution in [2.24, 2.45) is 11.8 Å². The first-order valence-electron chi connectivity index (χ1n) is 10.00. The SMILES string of the molecule is Cc1ccc(N2CCC(C(=O)N3CCC(NC(=O)C4CC4)CC3)C2=O)cc1. The number of anilines is 1. The van der Waals surface area contributed by atoms with Gasteiger partial charge in [-0.2, -0.15) is 0 Å². The minimum absolute atomic E-state index is 0.0541. The second-order valence-corrected chi connectivity index (χ2v) is 8.05. The number of nitrogens with zero attached hydrogens (tertiary/aromatic N) is 2. The summed E-state index contributed by atoms with van der Waals surface area (Å²) in [6.45, 7) is 3.83. The number of aryl methyl sites for hydroxylation is 1. The molecule has 6 heteroatoms. The number of nitrogens with one attached hydrogen (secondary N) is 1. The Hall–Kier alpha value is -2.37. The van der Waals surface area contributed by atoms with Crippen molar-refractivity contribution in [3.8, 4) is 0 Å². The van der Waals surface area contributed by atoms with Crippen molar-refractivity contribution in [3.05, 3.63) is 29.8 Å². The van der Waals surface area contributed by atoms with E-state index in [1.165, 1.54) is 0 Å². The number of hydrogen-bond donors (Lipinski definition) is 1. The number of carbonyl (C=O) groups excluding carboxylic acids is 3. The summed E-state index contributed by atoms with van der Waals surface area (Å²) in [5, 5.41) is 3.10. The molecule has 27 heavy (non-hydrogen) atoms. The van der Waals surface area contributed by atoms with Crippen molar-refractivity contribution in [2.75, 3.05) is 24.5 Å². The molecule has 1 saturated carbocycles. The van der Waals surface area contributed by atoms with Crippen molar-refractivity contribution in [3.63, 3.8) is 0 Å². The fraction of sp³-hybridized carbons (Fsp3) is 0.571. The lowest BCUT2D eigenvalue weighted by molar-refractivity contribution is -0.140. The van der Waals surface area contributed by atoms with Gasteiger partial charge in [-0.15, -0.1) is 0 Å². The first kappa shape index (κ1) is 18.0. The lowest BCUT2D eigenvalue weighted by Gasteiger charge is -2.33. The summed E-state index contributed by atoms with van der Waals surface area (Å²) in [7, 11) is 0. The maximum atomic E-state index is 12.9. The Morgan fingerprint density at radius 1 is 0.963 bits per heavy atom. The van der Waals surface area contributed by atoms with Gasteiger partial charge in [-0.05, 0) is 51.2 Å². The van der Waals surface area contributed by atoms with E-state index in [4.69, 9.17) is 0 Å². The van der Waals surface area contributed by atoms with E-state index in [1.807, 2.05) is 31.2 Å². The monoisotopic (exact) mass is 369 g/mol. The molecule has 3 aliphatic rings. The zero-order valence-electron chi connectivity index (χ0n) is 15.8. The third kappa shape index (κ3) is 3.84. The molecule has 0 radical (unpaired) electrons. The van der Waals surface area contributed by atoms with Gasteiger partial charge >= 0.3 is 0 Å². The summed E-state index contributed by atoms with van der Waals surface area (Å²) >= 11 is 0. The summed E-state index contributed by atoms with van der Waals surface area (Å²) in [5.74, 6) is -0.327. The molecule has 1 unspecified atom stereocenters. The topological polar surface area (TPSA) is 69.7 Å². The van der Waals surface area contributed by atoms with Crippen LogP contribution in [0.3, 0.4) is 0 Å². The van der Waals surface area contributed by atoms with Crippen LogP contribution in [-0.4, -0.2) is 48.3 Å². The molecule has 2 saturated heterocycles. The minimum atomic E-state index is -0.566. The molecule has 3 fully saturated rings. The van der Waals surface area contributed by atoms with Gasteiger partial charge in [-0.3, -0.25) is 14.4 Å². The smallest absolute Gasteiger partial charge is 0.239 e. The number of likely N-dealkylation sites (tertiary alicyclic amines) is 1. The Labute approximate surface area is 159 Å². The van der Waals surface area contributed by atoms with Crippen molar-refractivity contribution in [1.29, 1.82) is 0 Å². The van der Waals surface area contributed by atoms with Gasteiger partial charge in [0.05, 0.1) is 0 Å². The van der Waals surface area contributed by atoms with E-state index in [1.54, 1.807) is 9.80 Å². The Bertz CT molecular complexity index is 734. The molecule has 1 aromatic carbocycles. The van der Waals surface area contributed by atoms with E-state index in [-0.39, 0.29) is 29.7 Å². The standard InChI is InChI=1S/C21H27N3O3/c1-14-2-6-17(7-3-14)24-13-10-18(21(24)27)20(26)23-11-8-16(9-12-23)22-19(25)15-4-5-15/h2-3,6-7,15-16,18H,4-5,8-13H2,1H3,(H,22,25). The van der Waals surface area contributed by atoms with Crippen LogP contribution in [0.1, 0.15) is 37.7 Å². The molecule has 1 N–H and O–H groups in total. The van der Waals surface area contributed by atoms with Gasteiger partial charge in [0, 0.05) is 37.3 Å². The van der Waals surface area contributed by atoms with Crippen LogP contribution in [0.25, 0.3) is 0 Å². The Balaban J connectivity index is 1.31. The zero-order valence-corrected chi connectivity index (χ0v) is 15.8. The van der Waals surface area contributed by atoms with Crippen LogP contribution in [0.4, 0.5) is 5.69 Å². The summed E-state index contributed by atoms with van der Waals surface area (Å²) in [4.78, 5) is 41.1. The number of piperidine rings is 1. The number of carbonyl (C=O) groups is 3. The van der Waals surface area contributed by atoms with Crippen LogP contribution >= 0.6 is 0 Å². The summed E-state index contributed by atoms with van der Waals surface area (Å²) in [6.07, 6.45) is 4.12. The van der Waals surface area contributed by atoms with Crippen molar-refractivity contribution in [2.45, 2.75) is 45.1 Å². The highest BCUT2D eigenvalue weighted by atomic mass is 16.2. The van der Waals surface area contributed by atoms with Gasteiger partial charge in [0.1, 0.15) is 5.92 Å². The molecule has 2 heterocycles. The third-order valence-corrected chi connectivity index (χ3v) is 5.95. The van der Waals surface area contributed by atoms with Crippen LogP contribution in [0, 0.1) is 18.8 Å². The Morgan fingerprint density at radius 3 is 2.26 bits per heavy atom. The van der Waals surface area contributed by atoms with Gasteiger partial charge in [-0.25, -0.2) is 0 Å². The zero-order chi connectivity index (χ0) is 19.0. The number of benzene rings is 1. The highest BCUT2D eigenvalue weighted by molar-refractivity contribution is 6.09. The van der Waals surface area contributed by atoms with E-state index >= 15 is 0 Å². The molecule has 1 aromatic rings. The predicted octanol–water partition coefficient (Wildman–Crippen LogP) is 1.87. The highest BCUT2D eigenvalue weighted by Gasteiger charge is 2.40. The maximum Gasteiger partial charge on any atom is 0.239 e. The van der Waals surface area contributed by atoms with E-state index in [2.05, 4.69) is 5.32 Å². The van der Waals surface area contributed by atoms with Crippen molar-refractivity contribution in [1.82, 2.24) is 10.2 Å². The summed E-state index contributed by atoms with van der Waals surface area (Å²) in [6, 6.07) is 8.00. The van der Waals surface area contributed by atoms with Gasteiger partial charge in [-0.1, -0.05) is 17.7 Å². The molecule has 0 spiro atoms. The van der Waals surface area contributed by atoms with Crippen molar-refractivity contribution < 1.29 is 14.4 Å². The van der Waals surface area contributed by atoms with E-state index in [0.29, 0.717) is 26.1 Å². The molecular weight excluding hydrogens is 342 g/mol. The predicted molar refractivity (Wildman–Crippen MR) is 102 cm³/mol. The normalized spacial score (nSPS) is 23.6. The molecule has 6 nitrogen and oxygen atoms in total. The molecule has 2 aliphatic heterocycles. The third-order valence-electron chi connectivity index (χ3n) is 5.95. The molecular formula is C21H27N3O3. The second kappa shape index (κ2) is 7.33. The van der Waals surface area contributed by atoms with E-state index < -0.39 is 5.92 Å². The molecule has 4 rings (SSSR count). The molecule has 3 amide bonds. The average Bonchev–Trinajstić information content (AvgIpc) is 3.46. The van der Waals surface area contributed by atoms with Crippen LogP contribution in [0.2, 0.25) is 0 Å². The van der Waals surface area contributed by atoms with E-state index in [0.717, 1.165) is 36.9 Å². The Morgan fingerprint density at radius 2 is 1.63 bits per heavy atom. The molecule has 1 aliphatic carbocycles. The van der Waals surface area contributed by atoms with Gasteiger partial charge < -0.3 is 15.1 Å². The molecule has 144 valence electrons. The summed E-state index contributed by atoms with van der Waals surface area (Å²) in [5.41, 5.74) is 2.01. The highest BCUT2D eigenvalue weighted by Crippen LogP contribution is 2.30. The van der Waals surface area contributed by atoms with Crippen LogP contribution in [0.15, 0.2) is 24.3 Å². The van der Waals surface area contributed by atoms with Crippen molar-refractivity contribution >= 4 is 23.4 Å². The lowest BCUT2D eigenvalue weighted by Crippen LogP contribution is -2.49. The van der Waals surface area contributed by atoms with Crippen LogP contribution < -0.4 is 10.2 Å². The molecule has 1 atom stereocenters. The fourth-order valence-electron chi connectivity index (χ4n) is 4.02. The number of amides is 3. The van der Waals surface area contributed by atoms with Gasteiger partial charge in [0.25, 0.3) is 0 Å². The first-order valence-corrected chi connectivity index (χ1v) is 10.00. The average molecular weight is 369 g/mol. The molecule has 0 aromatic heterocycles. The molecule has 0 bridgehead atoms. The second-order valence-electron chi connectivity index (χ2n) is 8.05. The quantitative estimate of drug-likeness (QED) is 0.824. The number of rotatable bonds is 4. The Kier molecular flexibility index (Phi) is 4.89. The van der Waals surface area contributed by atoms with Gasteiger partial charge in [0.15, 0.2) is 0 Å². The van der Waals surface area contributed by atoms with Crippen LogP contribution in [0.5, 0.6) is 0 Å². The fourth-order valence-corrected chi connectivity index (χ4v) is 4.02. The lowest BCUT2D eigenvalue weighted by atomic mass is 10.0. The maximum absolute atomic E-state index is 12.9. The minimum Gasteiger partial charge on any atom is -0.353 e.